The minimum atomic E-state index is -6.00. The summed E-state index contributed by atoms with van der Waals surface area (Å²) in [5, 5.41) is 12.5. The molecule has 2 nitrogen and oxygen atoms in total. The van der Waals surface area contributed by atoms with E-state index in [9.17, 15) is 17.3 Å². The van der Waals surface area contributed by atoms with Crippen molar-refractivity contribution in [2.75, 3.05) is 0 Å². The maximum atomic E-state index is 9.75. The Morgan fingerprint density at radius 2 is 1.00 bits per heavy atom. The molecule has 3 aromatic rings. The minimum absolute atomic E-state index is 0. The van der Waals surface area contributed by atoms with Gasteiger partial charge in [-0.2, -0.15) is 12.1 Å². The van der Waals surface area contributed by atoms with Crippen molar-refractivity contribution in [3.05, 3.63) is 106 Å². The molecule has 0 aliphatic heterocycles. The Labute approximate surface area is 394 Å². The molecule has 0 radical (unpaired) electrons. The van der Waals surface area contributed by atoms with E-state index in [0.717, 1.165) is 13.1 Å². The van der Waals surface area contributed by atoms with Crippen molar-refractivity contribution >= 4 is 46.0 Å². The van der Waals surface area contributed by atoms with Gasteiger partial charge in [0.05, 0.1) is 0 Å². The summed E-state index contributed by atoms with van der Waals surface area (Å²) < 4.78 is 39.0. The Morgan fingerprint density at radius 3 is 1.28 bits per heavy atom. The number of halogens is 5. The van der Waals surface area contributed by atoms with Crippen molar-refractivity contribution in [3.63, 3.8) is 0 Å². The summed E-state index contributed by atoms with van der Waals surface area (Å²) in [5.74, 6) is 0. The van der Waals surface area contributed by atoms with Crippen LogP contribution in [0.3, 0.4) is 0 Å². The van der Waals surface area contributed by atoms with Crippen LogP contribution in [-0.4, -0.2) is 19.3 Å². The van der Waals surface area contributed by atoms with Gasteiger partial charge in [-0.05, 0) is 24.5 Å². The standard InChI is InChI=1S/C20H26N2P2.C8H10.4Ar.BF4.ClH.Ru/c23-19-11-5-1-7-15(19)13-21-17-9-3-4-10-18(17)22-14-16-8-2-6-12-20(16)24;1-7-4-3-5-8(2)6-7;;;;;2-1(3,4)5;;/h1-2,5-8,11-12,17-18H,3-4,9-10,13-14,23-24H2;3-6H,1-2H3;;;;;;1H;/q-2;;;;;;-1;;+4/p-1. The molecular weight excluding hydrogens is 809 g/mol. The van der Waals surface area contributed by atoms with Crippen LogP contribution in [0.4, 0.5) is 17.3 Å². The van der Waals surface area contributed by atoms with Crippen LogP contribution < -0.4 is 10.6 Å². The van der Waals surface area contributed by atoms with Gasteiger partial charge in [0.1, 0.15) is 0 Å². The van der Waals surface area contributed by atoms with E-state index in [1.54, 1.807) is 0 Å². The second-order valence-corrected chi connectivity index (χ2v) is 10.4. The van der Waals surface area contributed by atoms with E-state index in [-0.39, 0.29) is 151 Å². The Balaban J connectivity index is -0.000000337. The number of aryl methyl sites for hydroxylation is 2. The van der Waals surface area contributed by atoms with Crippen LogP contribution in [0, 0.1) is 165 Å². The fourth-order valence-corrected chi connectivity index (χ4v) is 4.71. The number of nitrogens with zero attached hydrogens (tertiary/aromatic N) is 2. The topological polar surface area (TPSA) is 28.2 Å². The normalized spacial score (nSPS) is 14.9. The Kier molecular flexibility index (Phi) is 40.3. The summed E-state index contributed by atoms with van der Waals surface area (Å²) in [7, 11) is 4.20. The van der Waals surface area contributed by atoms with Gasteiger partial charge in [0.15, 0.2) is 0 Å². The molecule has 0 N–H and O–H groups in total. The molecular formula is C28H36Ar4BClF4N2P2Ru. The van der Waals surface area contributed by atoms with Gasteiger partial charge in [-0.3, -0.25) is 0 Å². The van der Waals surface area contributed by atoms with Crippen molar-refractivity contribution in [2.45, 2.75) is 64.7 Å². The van der Waals surface area contributed by atoms with Gasteiger partial charge in [-0.25, -0.2) is 0 Å². The maximum absolute atomic E-state index is 9.75. The zero-order valence-electron chi connectivity index (χ0n) is 23.6. The average molecular weight is 846 g/mol. The van der Waals surface area contributed by atoms with E-state index >= 15 is 0 Å². The van der Waals surface area contributed by atoms with Crippen LogP contribution in [0.5, 0.6) is 0 Å². The zero-order valence-corrected chi connectivity index (χ0v) is 31.2. The second-order valence-electron chi connectivity index (χ2n) is 9.15. The summed E-state index contributed by atoms with van der Waals surface area (Å²) in [6.07, 6.45) is 4.91. The zero-order chi connectivity index (χ0) is 29.3. The van der Waals surface area contributed by atoms with E-state index < -0.39 is 7.25 Å². The van der Waals surface area contributed by atoms with Gasteiger partial charge >= 0.3 is 34.3 Å². The third kappa shape index (κ3) is 27.6. The molecule has 246 valence electrons. The summed E-state index contributed by atoms with van der Waals surface area (Å²) in [4.78, 5) is 0. The quantitative estimate of drug-likeness (QED) is 0.135. The molecule has 1 aliphatic carbocycles. The molecule has 3 aromatic carbocycles. The predicted octanol–water partition coefficient (Wildman–Crippen LogP) is 8.74. The SMILES string of the molecule is Cc1cccc(C)c1.F[B-](F)(F)F.Pc1ccccc1C[N-]C1CCCCC1[N-]Cc1ccccc1P.[Ar].[Ar].[Ar].[Ar].[Cl][Ru+3]. The monoisotopic (exact) mass is 846 g/mol. The van der Waals surface area contributed by atoms with E-state index in [4.69, 9.17) is 10.6 Å². The molecule has 4 unspecified atom stereocenters. The Morgan fingerprint density at radius 1 is 0.674 bits per heavy atom. The van der Waals surface area contributed by atoms with Crippen molar-refractivity contribution in [1.82, 2.24) is 0 Å². The first-order valence-corrected chi connectivity index (χ1v) is 16.0. The molecule has 0 amide bonds. The molecule has 0 heterocycles. The van der Waals surface area contributed by atoms with Crippen LogP contribution in [0.15, 0.2) is 72.8 Å². The van der Waals surface area contributed by atoms with Crippen LogP contribution >= 0.6 is 28.2 Å². The van der Waals surface area contributed by atoms with Crippen LogP contribution in [0.2, 0.25) is 0 Å². The fourth-order valence-electron chi connectivity index (χ4n) is 4.11. The summed E-state index contributed by atoms with van der Waals surface area (Å²) >= 11 is 1.82. The number of benzene rings is 3. The Bertz CT molecular complexity index is 1030. The summed E-state index contributed by atoms with van der Waals surface area (Å²) in [6, 6.07) is 26.1. The first-order valence-electron chi connectivity index (χ1n) is 12.6. The summed E-state index contributed by atoms with van der Waals surface area (Å²) in [6.45, 7) is 5.81. The number of hydrogen-bond acceptors (Lipinski definition) is 0. The fraction of sp³-hybridized carbons (Fsp3) is 0.357. The number of hydrogen-bond donors (Lipinski definition) is 0. The van der Waals surface area contributed by atoms with Gasteiger partial charge in [-0.1, -0.05) is 121 Å². The molecule has 15 heteroatoms. The van der Waals surface area contributed by atoms with E-state index in [1.165, 1.54) is 58.5 Å². The molecule has 0 aromatic heterocycles. The van der Waals surface area contributed by atoms with E-state index in [1.807, 2.05) is 17.3 Å². The predicted molar refractivity (Wildman–Crippen MR) is 164 cm³/mol. The number of rotatable bonds is 6. The van der Waals surface area contributed by atoms with Gasteiger partial charge in [-0.15, -0.1) is 31.6 Å². The van der Waals surface area contributed by atoms with Crippen molar-refractivity contribution < 1.29 is 186 Å². The molecule has 4 atom stereocenters. The van der Waals surface area contributed by atoms with Crippen molar-refractivity contribution in [2.24, 2.45) is 0 Å². The molecule has 0 spiro atoms. The van der Waals surface area contributed by atoms with Gasteiger partial charge in [0.25, 0.3) is 0 Å². The van der Waals surface area contributed by atoms with Crippen LogP contribution in [0.1, 0.15) is 47.9 Å². The van der Waals surface area contributed by atoms with Gasteiger partial charge in [0, 0.05) is 151 Å². The third-order valence-corrected chi connectivity index (χ3v) is 7.10. The van der Waals surface area contributed by atoms with Crippen LogP contribution in [-0.2, 0) is 30.4 Å². The molecule has 1 saturated carbocycles. The molecule has 4 rings (SSSR count). The molecule has 43 heavy (non-hydrogen) atoms. The van der Waals surface area contributed by atoms with E-state index in [0.29, 0.717) is 12.1 Å². The van der Waals surface area contributed by atoms with E-state index in [2.05, 4.69) is 115 Å². The second kappa shape index (κ2) is 32.1. The van der Waals surface area contributed by atoms with Gasteiger partial charge < -0.3 is 27.9 Å². The first kappa shape index (κ1) is 54.0. The Hall–Kier alpha value is 4.18. The van der Waals surface area contributed by atoms with Gasteiger partial charge in [0.2, 0.25) is 0 Å². The molecule has 0 saturated heterocycles. The van der Waals surface area contributed by atoms with Crippen molar-refractivity contribution in [3.8, 4) is 0 Å². The first-order chi connectivity index (χ1) is 18.5. The summed E-state index contributed by atoms with van der Waals surface area (Å²) in [5.41, 5.74) is 5.29. The van der Waals surface area contributed by atoms with Crippen molar-refractivity contribution in [1.29, 1.82) is 0 Å². The molecule has 1 fully saturated rings. The average Bonchev–Trinajstić information content (AvgIpc) is 2.89. The molecule has 0 bridgehead atoms. The molecule has 1 aliphatic rings. The van der Waals surface area contributed by atoms with Crippen LogP contribution in [0.25, 0.3) is 10.6 Å². The third-order valence-electron chi connectivity index (χ3n) is 5.97.